The SMILES string of the molecule is Cl.Cl.O=C(O)CN1CCN(CC(=O)N2CCc3c(n(Cc4ccc(OC(F)(F)F)c(F)c4)c4ncccc34)C2)CC1. The summed E-state index contributed by atoms with van der Waals surface area (Å²) >= 11 is 0. The molecular formula is C26H29Cl2F4N5O4. The summed E-state index contributed by atoms with van der Waals surface area (Å²) in [7, 11) is 0. The number of benzene rings is 1. The van der Waals surface area contributed by atoms with Crippen LogP contribution in [0, 0.1) is 5.82 Å². The predicted octanol–water partition coefficient (Wildman–Crippen LogP) is 3.55. The van der Waals surface area contributed by atoms with Crippen molar-refractivity contribution < 1.29 is 37.0 Å². The number of nitrogens with zero attached hydrogens (tertiary/aromatic N) is 5. The normalized spacial score (nSPS) is 16.0. The Bertz CT molecular complexity index is 1400. The zero-order chi connectivity index (χ0) is 27.7. The molecule has 3 aromatic rings. The highest BCUT2D eigenvalue weighted by Crippen LogP contribution is 2.32. The average Bonchev–Trinajstić information content (AvgIpc) is 3.19. The van der Waals surface area contributed by atoms with Gasteiger partial charge in [-0.25, -0.2) is 9.37 Å². The standard InChI is InChI=1S/C26H27F4N5O4.2ClH/c27-20-12-17(3-4-22(20)39-26(28,29)30)13-35-21-14-34(7-5-18(21)19-2-1-6-31-25(19)35)23(36)15-32-8-10-33(11-9-32)16-24(37)38;;/h1-4,6,12H,5,7-11,13-16H2,(H,37,38);2*1H. The second-order valence-electron chi connectivity index (χ2n) is 9.71. The van der Waals surface area contributed by atoms with Crippen LogP contribution in [0.15, 0.2) is 36.5 Å². The summed E-state index contributed by atoms with van der Waals surface area (Å²) < 4.78 is 57.6. The zero-order valence-electron chi connectivity index (χ0n) is 21.8. The van der Waals surface area contributed by atoms with E-state index in [0.29, 0.717) is 56.9 Å². The van der Waals surface area contributed by atoms with Crippen molar-refractivity contribution in [3.63, 3.8) is 0 Å². The topological polar surface area (TPSA) is 91.1 Å². The lowest BCUT2D eigenvalue weighted by Crippen LogP contribution is -2.51. The van der Waals surface area contributed by atoms with Crippen molar-refractivity contribution in [2.24, 2.45) is 0 Å². The fraction of sp³-hybridized carbons (Fsp3) is 0.423. The van der Waals surface area contributed by atoms with Crippen molar-refractivity contribution in [2.75, 3.05) is 45.8 Å². The second-order valence-corrected chi connectivity index (χ2v) is 9.71. The minimum Gasteiger partial charge on any atom is -0.480 e. The Morgan fingerprint density at radius 1 is 1.00 bits per heavy atom. The van der Waals surface area contributed by atoms with Gasteiger partial charge in [0.05, 0.1) is 19.6 Å². The van der Waals surface area contributed by atoms with E-state index < -0.39 is 23.9 Å². The Morgan fingerprint density at radius 2 is 1.68 bits per heavy atom. The molecule has 1 aromatic carbocycles. The first-order valence-electron chi connectivity index (χ1n) is 12.5. The summed E-state index contributed by atoms with van der Waals surface area (Å²) in [5.41, 5.74) is 2.98. The minimum absolute atomic E-state index is 0. The number of aliphatic carboxylic acids is 1. The van der Waals surface area contributed by atoms with Gasteiger partial charge in [0.2, 0.25) is 5.91 Å². The van der Waals surface area contributed by atoms with Gasteiger partial charge in [0.1, 0.15) is 5.65 Å². The Balaban J connectivity index is 0.00000231. The van der Waals surface area contributed by atoms with Crippen LogP contribution in [0.4, 0.5) is 17.6 Å². The van der Waals surface area contributed by atoms with Gasteiger partial charge in [0.15, 0.2) is 11.6 Å². The maximum absolute atomic E-state index is 14.4. The first-order chi connectivity index (χ1) is 18.6. The number of aromatic nitrogens is 2. The molecule has 4 heterocycles. The molecule has 2 aliphatic rings. The third kappa shape index (κ3) is 7.59. The molecule has 1 saturated heterocycles. The average molecular weight is 622 g/mol. The van der Waals surface area contributed by atoms with Crippen LogP contribution in [-0.4, -0.2) is 93.4 Å². The van der Waals surface area contributed by atoms with E-state index in [9.17, 15) is 27.2 Å². The lowest BCUT2D eigenvalue weighted by atomic mass is 10.0. The number of carbonyl (C=O) groups is 2. The van der Waals surface area contributed by atoms with E-state index in [2.05, 4.69) is 9.72 Å². The van der Waals surface area contributed by atoms with Crippen molar-refractivity contribution in [1.82, 2.24) is 24.3 Å². The monoisotopic (exact) mass is 621 g/mol. The summed E-state index contributed by atoms with van der Waals surface area (Å²) in [6, 6.07) is 7.10. The molecule has 0 bridgehead atoms. The Hall–Kier alpha value is -3.13. The number of hydrogen-bond donors (Lipinski definition) is 1. The largest absolute Gasteiger partial charge is 0.573 e. The van der Waals surface area contributed by atoms with E-state index in [0.717, 1.165) is 28.8 Å². The van der Waals surface area contributed by atoms with Gasteiger partial charge in [-0.05, 0) is 41.8 Å². The molecule has 224 valence electrons. The van der Waals surface area contributed by atoms with Gasteiger partial charge >= 0.3 is 12.3 Å². The molecule has 0 radical (unpaired) electrons. The van der Waals surface area contributed by atoms with Gasteiger partial charge in [-0.1, -0.05) is 6.07 Å². The molecule has 15 heteroatoms. The van der Waals surface area contributed by atoms with E-state index >= 15 is 0 Å². The first kappa shape index (κ1) is 32.4. The van der Waals surface area contributed by atoms with Crippen molar-refractivity contribution in [3.05, 3.63) is 59.2 Å². The van der Waals surface area contributed by atoms with Crippen LogP contribution >= 0.6 is 24.8 Å². The van der Waals surface area contributed by atoms with Gasteiger partial charge < -0.3 is 19.3 Å². The Morgan fingerprint density at radius 3 is 2.32 bits per heavy atom. The molecule has 5 rings (SSSR count). The summed E-state index contributed by atoms with van der Waals surface area (Å²) in [4.78, 5) is 34.3. The molecule has 1 N–H and O–H groups in total. The lowest BCUT2D eigenvalue weighted by molar-refractivity contribution is -0.275. The number of pyridine rings is 1. The van der Waals surface area contributed by atoms with E-state index in [1.807, 2.05) is 26.5 Å². The lowest BCUT2D eigenvalue weighted by Gasteiger charge is -2.35. The van der Waals surface area contributed by atoms with Crippen LogP contribution in [0.25, 0.3) is 11.0 Å². The highest BCUT2D eigenvalue weighted by atomic mass is 35.5. The number of ether oxygens (including phenoxy) is 1. The zero-order valence-corrected chi connectivity index (χ0v) is 23.4. The molecule has 0 spiro atoms. The quantitative estimate of drug-likeness (QED) is 0.404. The molecule has 2 aliphatic heterocycles. The molecule has 0 aliphatic carbocycles. The second kappa shape index (κ2) is 13.2. The Labute approximate surface area is 245 Å². The number of alkyl halides is 3. The molecule has 1 fully saturated rings. The number of halogens is 6. The van der Waals surface area contributed by atoms with E-state index in [1.54, 1.807) is 11.1 Å². The fourth-order valence-corrected chi connectivity index (χ4v) is 5.26. The maximum Gasteiger partial charge on any atom is 0.573 e. The first-order valence-corrected chi connectivity index (χ1v) is 12.5. The van der Waals surface area contributed by atoms with Gasteiger partial charge in [-0.2, -0.15) is 0 Å². The molecule has 9 nitrogen and oxygen atoms in total. The smallest absolute Gasteiger partial charge is 0.480 e. The van der Waals surface area contributed by atoms with E-state index in [-0.39, 0.29) is 50.4 Å². The molecule has 1 amide bonds. The molecule has 2 aromatic heterocycles. The summed E-state index contributed by atoms with van der Waals surface area (Å²) in [5.74, 6) is -2.94. The number of rotatable bonds is 7. The van der Waals surface area contributed by atoms with Gasteiger partial charge in [0, 0.05) is 56.5 Å². The molecule has 41 heavy (non-hydrogen) atoms. The third-order valence-corrected chi connectivity index (χ3v) is 7.11. The van der Waals surface area contributed by atoms with Crippen LogP contribution in [0.2, 0.25) is 0 Å². The summed E-state index contributed by atoms with van der Waals surface area (Å²) in [6.45, 7) is 3.56. The molecule has 0 atom stereocenters. The van der Waals surface area contributed by atoms with Gasteiger partial charge in [-0.15, -0.1) is 38.0 Å². The Kier molecular flexibility index (Phi) is 10.5. The van der Waals surface area contributed by atoms with Crippen molar-refractivity contribution in [2.45, 2.75) is 25.9 Å². The number of piperazine rings is 1. The predicted molar refractivity (Wildman–Crippen MR) is 146 cm³/mol. The van der Waals surface area contributed by atoms with Crippen molar-refractivity contribution in [1.29, 1.82) is 0 Å². The van der Waals surface area contributed by atoms with Gasteiger partial charge in [-0.3, -0.25) is 19.4 Å². The van der Waals surface area contributed by atoms with Crippen molar-refractivity contribution >= 4 is 47.7 Å². The minimum atomic E-state index is -5.00. The highest BCUT2D eigenvalue weighted by molar-refractivity contribution is 5.86. The van der Waals surface area contributed by atoms with Crippen LogP contribution in [-0.2, 0) is 29.1 Å². The van der Waals surface area contributed by atoms with E-state index in [4.69, 9.17) is 5.11 Å². The van der Waals surface area contributed by atoms with E-state index in [1.165, 1.54) is 6.07 Å². The molecule has 0 saturated carbocycles. The number of carboxylic acid groups (broad SMARTS) is 1. The maximum atomic E-state index is 14.4. The van der Waals surface area contributed by atoms with Crippen LogP contribution < -0.4 is 4.74 Å². The number of carboxylic acids is 1. The number of carbonyl (C=O) groups excluding carboxylic acids is 1. The number of fused-ring (bicyclic) bond motifs is 3. The number of amides is 1. The van der Waals surface area contributed by atoms with Crippen molar-refractivity contribution in [3.8, 4) is 5.75 Å². The van der Waals surface area contributed by atoms with Crippen LogP contribution in [0.5, 0.6) is 5.75 Å². The van der Waals surface area contributed by atoms with Crippen LogP contribution in [0.3, 0.4) is 0 Å². The van der Waals surface area contributed by atoms with Crippen LogP contribution in [0.1, 0.15) is 16.8 Å². The third-order valence-electron chi connectivity index (χ3n) is 7.11. The highest BCUT2D eigenvalue weighted by Gasteiger charge is 2.33. The summed E-state index contributed by atoms with van der Waals surface area (Å²) in [6.07, 6.45) is -2.75. The molecule has 0 unspecified atom stereocenters. The van der Waals surface area contributed by atoms with Gasteiger partial charge in [0.25, 0.3) is 0 Å². The number of hydrogen-bond acceptors (Lipinski definition) is 6. The summed E-state index contributed by atoms with van der Waals surface area (Å²) in [5, 5.41) is 9.90. The molecular weight excluding hydrogens is 593 g/mol. The fourth-order valence-electron chi connectivity index (χ4n) is 5.26.